The number of quaternary nitrogens is 1. The van der Waals surface area contributed by atoms with Crippen molar-refractivity contribution in [3.05, 3.63) is 76.8 Å². The normalized spacial score (nSPS) is 12.3. The van der Waals surface area contributed by atoms with Crippen LogP contribution in [0.15, 0.2) is 60.9 Å². The van der Waals surface area contributed by atoms with E-state index in [4.69, 9.17) is 12.2 Å². The van der Waals surface area contributed by atoms with Gasteiger partial charge in [0.1, 0.15) is 12.9 Å². The number of aromatic nitrogens is 3. The first-order valence-electron chi connectivity index (χ1n) is 7.71. The van der Waals surface area contributed by atoms with Crippen LogP contribution in [0, 0.1) is 11.7 Å². The molecule has 2 aromatic carbocycles. The second kappa shape index (κ2) is 6.89. The van der Waals surface area contributed by atoms with Gasteiger partial charge in [0.25, 0.3) is 0 Å². The molecule has 0 spiro atoms. The zero-order valence-electron chi connectivity index (χ0n) is 13.4. The lowest BCUT2D eigenvalue weighted by Crippen LogP contribution is -3.07. The molecule has 1 atom stereocenters. The summed E-state index contributed by atoms with van der Waals surface area (Å²) in [6.45, 7) is 3.85. The average Bonchev–Trinajstić information content (AvgIpc) is 2.91. The Hall–Kier alpha value is -2.24. The highest BCUT2D eigenvalue weighted by Crippen LogP contribution is 2.07. The van der Waals surface area contributed by atoms with Gasteiger partial charge < -0.3 is 4.90 Å². The molecule has 1 aromatic heterocycles. The molecule has 4 nitrogen and oxygen atoms in total. The minimum atomic E-state index is 0.723. The smallest absolute Gasteiger partial charge is 0.207 e. The number of para-hydroxylation sites is 1. The predicted octanol–water partition coefficient (Wildman–Crippen LogP) is 2.38. The summed E-state index contributed by atoms with van der Waals surface area (Å²) in [5, 5.41) is 4.45. The third kappa shape index (κ3) is 3.57. The van der Waals surface area contributed by atoms with E-state index in [1.54, 1.807) is 6.33 Å². The second-order valence-electron chi connectivity index (χ2n) is 5.84. The van der Waals surface area contributed by atoms with E-state index >= 15 is 0 Å². The summed E-state index contributed by atoms with van der Waals surface area (Å²) in [6.07, 6.45) is 1.79. The number of nitrogens with one attached hydrogen (secondary N) is 1. The maximum Gasteiger partial charge on any atom is 0.207 e. The number of benzene rings is 2. The molecule has 23 heavy (non-hydrogen) atoms. The summed E-state index contributed by atoms with van der Waals surface area (Å²) < 4.78 is 4.55. The molecular weight excluding hydrogens is 304 g/mol. The van der Waals surface area contributed by atoms with Crippen LogP contribution < -0.4 is 4.90 Å². The Morgan fingerprint density at radius 2 is 1.74 bits per heavy atom. The van der Waals surface area contributed by atoms with Crippen molar-refractivity contribution in [3.8, 4) is 5.69 Å². The number of rotatable bonds is 5. The van der Waals surface area contributed by atoms with Gasteiger partial charge in [-0.1, -0.05) is 42.5 Å². The van der Waals surface area contributed by atoms with Gasteiger partial charge in [0.15, 0.2) is 6.67 Å². The molecule has 3 aromatic rings. The van der Waals surface area contributed by atoms with Crippen molar-refractivity contribution in [2.24, 2.45) is 0 Å². The molecule has 0 fully saturated rings. The van der Waals surface area contributed by atoms with E-state index in [-0.39, 0.29) is 0 Å². The Morgan fingerprint density at radius 1 is 1.04 bits per heavy atom. The van der Waals surface area contributed by atoms with E-state index in [2.05, 4.69) is 43.3 Å². The van der Waals surface area contributed by atoms with Gasteiger partial charge in [-0.3, -0.25) is 4.57 Å². The fourth-order valence-corrected chi connectivity index (χ4v) is 2.92. The van der Waals surface area contributed by atoms with Crippen LogP contribution in [0.4, 0.5) is 0 Å². The molecule has 0 saturated carbocycles. The molecule has 118 valence electrons. The molecule has 0 aliphatic carbocycles. The van der Waals surface area contributed by atoms with Gasteiger partial charge in [-0.25, -0.2) is 0 Å². The zero-order valence-corrected chi connectivity index (χ0v) is 14.3. The van der Waals surface area contributed by atoms with E-state index in [1.165, 1.54) is 16.0 Å². The van der Waals surface area contributed by atoms with E-state index in [9.17, 15) is 0 Å². The Kier molecular flexibility index (Phi) is 4.69. The van der Waals surface area contributed by atoms with Gasteiger partial charge in [-0.05, 0) is 36.8 Å². The zero-order chi connectivity index (χ0) is 16.2. The largest absolute Gasteiger partial charge is 0.315 e. The van der Waals surface area contributed by atoms with Crippen LogP contribution in [0.3, 0.4) is 0 Å². The quantitative estimate of drug-likeness (QED) is 0.729. The monoisotopic (exact) mass is 325 g/mol. The summed E-state index contributed by atoms with van der Waals surface area (Å²) in [4.78, 5) is 1.34. The second-order valence-corrected chi connectivity index (χ2v) is 6.20. The van der Waals surface area contributed by atoms with E-state index in [1.807, 2.05) is 39.6 Å². The first-order valence-corrected chi connectivity index (χ1v) is 8.11. The highest BCUT2D eigenvalue weighted by atomic mass is 32.1. The van der Waals surface area contributed by atoms with E-state index in [0.29, 0.717) is 0 Å². The Balaban J connectivity index is 1.75. The maximum absolute atomic E-state index is 5.57. The highest BCUT2D eigenvalue weighted by Gasteiger charge is 2.10. The SMILES string of the molecule is Cc1ccccc1C[NH+](C)Cn1ncn(-c2ccccc2)c1=S. The van der Waals surface area contributed by atoms with Crippen molar-refractivity contribution in [2.75, 3.05) is 7.05 Å². The first kappa shape index (κ1) is 15.6. The van der Waals surface area contributed by atoms with Crippen LogP contribution in [-0.2, 0) is 13.2 Å². The molecule has 0 radical (unpaired) electrons. The summed E-state index contributed by atoms with van der Waals surface area (Å²) in [7, 11) is 2.16. The van der Waals surface area contributed by atoms with Crippen molar-refractivity contribution < 1.29 is 4.90 Å². The van der Waals surface area contributed by atoms with E-state index < -0.39 is 0 Å². The van der Waals surface area contributed by atoms with Gasteiger partial charge >= 0.3 is 0 Å². The number of hydrogen-bond donors (Lipinski definition) is 1. The van der Waals surface area contributed by atoms with Crippen molar-refractivity contribution in [3.63, 3.8) is 0 Å². The van der Waals surface area contributed by atoms with Crippen molar-refractivity contribution >= 4 is 12.2 Å². The van der Waals surface area contributed by atoms with Gasteiger partial charge in [-0.15, -0.1) is 0 Å². The minimum absolute atomic E-state index is 0.723. The molecule has 1 unspecified atom stereocenters. The minimum Gasteiger partial charge on any atom is -0.315 e. The molecular formula is C18H21N4S+. The lowest BCUT2D eigenvalue weighted by atomic mass is 10.1. The summed E-state index contributed by atoms with van der Waals surface area (Å²) in [5.41, 5.74) is 3.73. The van der Waals surface area contributed by atoms with Gasteiger partial charge in [-0.2, -0.15) is 9.78 Å². The third-order valence-electron chi connectivity index (χ3n) is 3.94. The number of aryl methyl sites for hydroxylation is 1. The molecule has 1 heterocycles. The maximum atomic E-state index is 5.57. The van der Waals surface area contributed by atoms with Crippen molar-refractivity contribution in [1.29, 1.82) is 0 Å². The van der Waals surface area contributed by atoms with Crippen LogP contribution in [0.25, 0.3) is 5.69 Å². The molecule has 0 amide bonds. The molecule has 5 heteroatoms. The molecule has 0 aliphatic heterocycles. The van der Waals surface area contributed by atoms with Crippen LogP contribution >= 0.6 is 12.2 Å². The fraction of sp³-hybridized carbons (Fsp3) is 0.222. The summed E-state index contributed by atoms with van der Waals surface area (Å²) >= 11 is 5.57. The van der Waals surface area contributed by atoms with E-state index in [0.717, 1.165) is 23.7 Å². The molecule has 1 N–H and O–H groups in total. The first-order chi connectivity index (χ1) is 11.1. The van der Waals surface area contributed by atoms with Crippen LogP contribution in [0.1, 0.15) is 11.1 Å². The third-order valence-corrected chi connectivity index (χ3v) is 4.35. The number of hydrogen-bond acceptors (Lipinski definition) is 2. The summed E-state index contributed by atoms with van der Waals surface area (Å²) in [6, 6.07) is 18.6. The topological polar surface area (TPSA) is 27.2 Å². The summed E-state index contributed by atoms with van der Waals surface area (Å²) in [5.74, 6) is 0. The number of nitrogens with zero attached hydrogens (tertiary/aromatic N) is 3. The van der Waals surface area contributed by atoms with Crippen LogP contribution in [-0.4, -0.2) is 21.4 Å². The fourth-order valence-electron chi connectivity index (χ4n) is 2.66. The van der Waals surface area contributed by atoms with Crippen LogP contribution in [0.2, 0.25) is 0 Å². The Bertz CT molecular complexity index is 835. The molecule has 3 rings (SSSR count). The standard InChI is InChI=1S/C18H20N4S/c1-15-8-6-7-9-16(15)12-20(2)14-22-18(23)21(13-19-22)17-10-4-3-5-11-17/h3-11,13H,12,14H2,1-2H3/p+1. The Morgan fingerprint density at radius 3 is 2.48 bits per heavy atom. The lowest BCUT2D eigenvalue weighted by molar-refractivity contribution is -0.917. The van der Waals surface area contributed by atoms with Gasteiger partial charge in [0.05, 0.1) is 7.05 Å². The lowest BCUT2D eigenvalue weighted by Gasteiger charge is -2.15. The molecule has 0 bridgehead atoms. The van der Waals surface area contributed by atoms with Gasteiger partial charge in [0.2, 0.25) is 4.77 Å². The van der Waals surface area contributed by atoms with Gasteiger partial charge in [0, 0.05) is 11.3 Å². The van der Waals surface area contributed by atoms with Crippen molar-refractivity contribution in [1.82, 2.24) is 14.3 Å². The van der Waals surface area contributed by atoms with Crippen molar-refractivity contribution in [2.45, 2.75) is 20.1 Å². The highest BCUT2D eigenvalue weighted by molar-refractivity contribution is 7.71. The van der Waals surface area contributed by atoms with Crippen LogP contribution in [0.5, 0.6) is 0 Å². The molecule has 0 saturated heterocycles. The molecule has 0 aliphatic rings. The Labute approximate surface area is 141 Å². The average molecular weight is 325 g/mol. The predicted molar refractivity (Wildman–Crippen MR) is 94.2 cm³/mol.